The lowest BCUT2D eigenvalue weighted by molar-refractivity contribution is 0.387. The van der Waals surface area contributed by atoms with E-state index in [9.17, 15) is 4.21 Å². The molecule has 0 aromatic carbocycles. The van der Waals surface area contributed by atoms with Crippen LogP contribution in [0, 0.1) is 0 Å². The molecule has 1 N–H and O–H groups in total. The van der Waals surface area contributed by atoms with Gasteiger partial charge in [0.2, 0.25) is 0 Å². The summed E-state index contributed by atoms with van der Waals surface area (Å²) in [7, 11) is -0.560. The normalized spacial score (nSPS) is 44.1. The molecule has 0 radical (unpaired) electrons. The molecule has 0 amide bonds. The Kier molecular flexibility index (Phi) is 3.61. The highest BCUT2D eigenvalue weighted by atomic mass is 32.2. The molecule has 3 heteroatoms. The van der Waals surface area contributed by atoms with E-state index in [1.165, 1.54) is 32.1 Å². The molecule has 1 aliphatic heterocycles. The fraction of sp³-hybridized carbons (Fsp3) is 1.00. The SMILES string of the molecule is CCC1CS(=O)C2CCCCCC2N1. The molecule has 2 aliphatic rings. The van der Waals surface area contributed by atoms with Crippen LogP contribution < -0.4 is 5.32 Å². The van der Waals surface area contributed by atoms with E-state index in [1.807, 2.05) is 0 Å². The van der Waals surface area contributed by atoms with E-state index in [2.05, 4.69) is 12.2 Å². The number of hydrogen-bond acceptors (Lipinski definition) is 2. The molecular weight excluding hydrogens is 194 g/mol. The van der Waals surface area contributed by atoms with Crippen molar-refractivity contribution in [3.8, 4) is 0 Å². The molecule has 0 aromatic heterocycles. The summed E-state index contributed by atoms with van der Waals surface area (Å²) in [6.07, 6.45) is 7.48. The van der Waals surface area contributed by atoms with Gasteiger partial charge in [0.15, 0.2) is 0 Å². The van der Waals surface area contributed by atoms with Crippen molar-refractivity contribution < 1.29 is 4.21 Å². The van der Waals surface area contributed by atoms with Crippen LogP contribution in [0.1, 0.15) is 45.4 Å². The van der Waals surface area contributed by atoms with Gasteiger partial charge in [-0.25, -0.2) is 0 Å². The Morgan fingerprint density at radius 2 is 2.07 bits per heavy atom. The zero-order chi connectivity index (χ0) is 9.97. The van der Waals surface area contributed by atoms with Gasteiger partial charge in [-0.1, -0.05) is 26.2 Å². The topological polar surface area (TPSA) is 29.1 Å². The van der Waals surface area contributed by atoms with E-state index in [0.717, 1.165) is 12.2 Å². The molecule has 0 spiro atoms. The quantitative estimate of drug-likeness (QED) is 0.723. The highest BCUT2D eigenvalue weighted by molar-refractivity contribution is 7.85. The van der Waals surface area contributed by atoms with E-state index >= 15 is 0 Å². The van der Waals surface area contributed by atoms with Gasteiger partial charge in [-0.3, -0.25) is 4.21 Å². The predicted octanol–water partition coefficient (Wildman–Crippen LogP) is 1.82. The second-order valence-electron chi connectivity index (χ2n) is 4.60. The number of nitrogens with one attached hydrogen (secondary N) is 1. The van der Waals surface area contributed by atoms with Crippen LogP contribution in [0.4, 0.5) is 0 Å². The lowest BCUT2D eigenvalue weighted by Gasteiger charge is -2.35. The molecule has 0 bridgehead atoms. The number of rotatable bonds is 1. The molecule has 2 nitrogen and oxygen atoms in total. The summed E-state index contributed by atoms with van der Waals surface area (Å²) in [6, 6.07) is 1.06. The van der Waals surface area contributed by atoms with Crippen molar-refractivity contribution in [2.24, 2.45) is 0 Å². The lowest BCUT2D eigenvalue weighted by Crippen LogP contribution is -2.54. The third-order valence-electron chi connectivity index (χ3n) is 3.60. The summed E-state index contributed by atoms with van der Waals surface area (Å²) >= 11 is 0. The molecule has 2 fully saturated rings. The summed E-state index contributed by atoms with van der Waals surface area (Å²) in [4.78, 5) is 0. The monoisotopic (exact) mass is 215 g/mol. The van der Waals surface area contributed by atoms with Gasteiger partial charge in [-0.2, -0.15) is 0 Å². The first-order valence-corrected chi connectivity index (χ1v) is 7.32. The van der Waals surface area contributed by atoms with Gasteiger partial charge in [-0.05, 0) is 19.3 Å². The fourth-order valence-corrected chi connectivity index (χ4v) is 4.67. The minimum Gasteiger partial charge on any atom is -0.309 e. The number of hydrogen-bond donors (Lipinski definition) is 1. The average Bonchev–Trinajstić information content (AvgIpc) is 2.42. The molecule has 0 aromatic rings. The maximum atomic E-state index is 12.0. The highest BCUT2D eigenvalue weighted by Gasteiger charge is 2.34. The fourth-order valence-electron chi connectivity index (χ4n) is 2.69. The van der Waals surface area contributed by atoms with E-state index in [-0.39, 0.29) is 0 Å². The Hall–Kier alpha value is 0.110. The standard InChI is InChI=1S/C11H21NOS/c1-2-9-8-14(13)11-7-5-3-4-6-10(11)12-9/h9-12H,2-8H2,1H3. The summed E-state index contributed by atoms with van der Waals surface area (Å²) in [6.45, 7) is 2.19. The summed E-state index contributed by atoms with van der Waals surface area (Å²) in [5.74, 6) is 0.887. The second-order valence-corrected chi connectivity index (χ2v) is 6.30. The van der Waals surface area contributed by atoms with Gasteiger partial charge < -0.3 is 5.32 Å². The van der Waals surface area contributed by atoms with Crippen molar-refractivity contribution in [3.05, 3.63) is 0 Å². The molecule has 2 rings (SSSR count). The maximum Gasteiger partial charge on any atom is 0.0501 e. The van der Waals surface area contributed by atoms with Crippen molar-refractivity contribution >= 4 is 10.8 Å². The van der Waals surface area contributed by atoms with Crippen molar-refractivity contribution in [2.75, 3.05) is 5.75 Å². The number of fused-ring (bicyclic) bond motifs is 1. The molecule has 4 unspecified atom stereocenters. The van der Waals surface area contributed by atoms with Crippen LogP contribution in [-0.4, -0.2) is 27.3 Å². The van der Waals surface area contributed by atoms with Gasteiger partial charge in [0.05, 0.1) is 5.25 Å². The summed E-state index contributed by atoms with van der Waals surface area (Å²) in [5.41, 5.74) is 0. The largest absolute Gasteiger partial charge is 0.309 e. The van der Waals surface area contributed by atoms with Crippen LogP contribution in [0.2, 0.25) is 0 Å². The second kappa shape index (κ2) is 4.75. The highest BCUT2D eigenvalue weighted by Crippen LogP contribution is 2.26. The predicted molar refractivity (Wildman–Crippen MR) is 60.9 cm³/mol. The smallest absolute Gasteiger partial charge is 0.0501 e. The van der Waals surface area contributed by atoms with Crippen molar-refractivity contribution in [2.45, 2.75) is 62.8 Å². The lowest BCUT2D eigenvalue weighted by atomic mass is 10.1. The van der Waals surface area contributed by atoms with E-state index in [1.54, 1.807) is 0 Å². The molecule has 14 heavy (non-hydrogen) atoms. The Balaban J connectivity index is 2.04. The van der Waals surface area contributed by atoms with Crippen molar-refractivity contribution in [3.63, 3.8) is 0 Å². The Bertz CT molecular complexity index is 219. The minimum absolute atomic E-state index is 0.459. The van der Waals surface area contributed by atoms with E-state index in [0.29, 0.717) is 17.3 Å². The maximum absolute atomic E-state index is 12.0. The molecule has 1 saturated heterocycles. The van der Waals surface area contributed by atoms with Gasteiger partial charge in [-0.15, -0.1) is 0 Å². The van der Waals surface area contributed by atoms with E-state index in [4.69, 9.17) is 0 Å². The third-order valence-corrected chi connectivity index (χ3v) is 5.57. The first-order valence-electron chi connectivity index (χ1n) is 5.94. The average molecular weight is 215 g/mol. The molecule has 1 aliphatic carbocycles. The van der Waals surface area contributed by atoms with Crippen LogP contribution in [0.3, 0.4) is 0 Å². The van der Waals surface area contributed by atoms with Gasteiger partial charge in [0, 0.05) is 28.6 Å². The van der Waals surface area contributed by atoms with Crippen LogP contribution in [0.5, 0.6) is 0 Å². The molecule has 4 atom stereocenters. The van der Waals surface area contributed by atoms with Gasteiger partial charge >= 0.3 is 0 Å². The van der Waals surface area contributed by atoms with Crippen molar-refractivity contribution in [1.29, 1.82) is 0 Å². The Morgan fingerprint density at radius 3 is 2.86 bits per heavy atom. The molecule has 1 saturated carbocycles. The van der Waals surface area contributed by atoms with E-state index < -0.39 is 10.8 Å². The zero-order valence-corrected chi connectivity index (χ0v) is 9.81. The third kappa shape index (κ3) is 2.19. The first-order chi connectivity index (χ1) is 6.81. The van der Waals surface area contributed by atoms with Crippen molar-refractivity contribution in [1.82, 2.24) is 5.32 Å². The Morgan fingerprint density at radius 1 is 1.29 bits per heavy atom. The molecule has 82 valence electrons. The minimum atomic E-state index is -0.560. The van der Waals surface area contributed by atoms with Crippen LogP contribution in [0.25, 0.3) is 0 Å². The van der Waals surface area contributed by atoms with Crippen LogP contribution in [0.15, 0.2) is 0 Å². The van der Waals surface area contributed by atoms with Crippen LogP contribution >= 0.6 is 0 Å². The summed E-state index contributed by atoms with van der Waals surface area (Å²) in [5, 5.41) is 4.14. The van der Waals surface area contributed by atoms with Gasteiger partial charge in [0.25, 0.3) is 0 Å². The molecular formula is C11H21NOS. The Labute approximate surface area is 89.3 Å². The molecule has 1 heterocycles. The zero-order valence-electron chi connectivity index (χ0n) is 9.00. The van der Waals surface area contributed by atoms with Gasteiger partial charge in [0.1, 0.15) is 0 Å². The van der Waals surface area contributed by atoms with Crippen LogP contribution in [-0.2, 0) is 10.8 Å². The summed E-state index contributed by atoms with van der Waals surface area (Å²) < 4.78 is 12.0. The first kappa shape index (κ1) is 10.6.